The number of rotatable bonds is 12. The van der Waals surface area contributed by atoms with Crippen LogP contribution >= 0.6 is 0 Å². The topological polar surface area (TPSA) is 124 Å². The average molecular weight is 615 g/mol. The summed E-state index contributed by atoms with van der Waals surface area (Å²) in [6, 6.07) is 22.6. The maximum atomic E-state index is 12.5. The zero-order valence-corrected chi connectivity index (χ0v) is 25.2. The second-order valence-electron chi connectivity index (χ2n) is 9.07. The zero-order valence-electron chi connectivity index (χ0n) is 23.6. The lowest BCUT2D eigenvalue weighted by Gasteiger charge is -2.22. The molecule has 0 heterocycles. The Labute approximate surface area is 245 Å². The summed E-state index contributed by atoms with van der Waals surface area (Å²) >= 11 is 0. The summed E-state index contributed by atoms with van der Waals surface area (Å²) in [4.78, 5) is 0. The first-order chi connectivity index (χ1) is 19.9. The lowest BCUT2D eigenvalue weighted by Crippen LogP contribution is -2.10. The van der Waals surface area contributed by atoms with Crippen molar-refractivity contribution in [1.82, 2.24) is 0 Å². The number of hydrogen-bond donors (Lipinski definition) is 0. The molecule has 0 radical (unpaired) electrons. The molecule has 0 saturated carbocycles. The molecule has 0 fully saturated rings. The van der Waals surface area contributed by atoms with E-state index in [1.54, 1.807) is 36.4 Å². The maximum absolute atomic E-state index is 12.5. The largest absolute Gasteiger partial charge is 0.496 e. The normalized spacial score (nSPS) is 11.5. The second-order valence-corrected chi connectivity index (χ2v) is 12.2. The molecular formula is C30H30O10S2. The van der Waals surface area contributed by atoms with Crippen LogP contribution in [-0.4, -0.2) is 50.7 Å². The SMILES string of the molecule is COc1ccccc1-c1cc(OC)c(-c2ccc(OCc3ccccc3)c(OS(C)(=O)=O)c2)c(OS(C)(=O)=O)c1OC. The van der Waals surface area contributed by atoms with Gasteiger partial charge in [0, 0.05) is 11.1 Å². The Kier molecular flexibility index (Phi) is 9.17. The quantitative estimate of drug-likeness (QED) is 0.194. The van der Waals surface area contributed by atoms with Crippen molar-refractivity contribution in [2.75, 3.05) is 33.8 Å². The third-order valence-electron chi connectivity index (χ3n) is 5.97. The summed E-state index contributed by atoms with van der Waals surface area (Å²) < 4.78 is 82.9. The van der Waals surface area contributed by atoms with Crippen LogP contribution in [0.4, 0.5) is 0 Å². The van der Waals surface area contributed by atoms with Gasteiger partial charge in [-0.3, -0.25) is 0 Å². The molecule has 10 nitrogen and oxygen atoms in total. The van der Waals surface area contributed by atoms with Crippen LogP contribution in [0.3, 0.4) is 0 Å². The fraction of sp³-hybridized carbons (Fsp3) is 0.200. The van der Waals surface area contributed by atoms with E-state index < -0.39 is 20.2 Å². The number of ether oxygens (including phenoxy) is 4. The molecule has 0 atom stereocenters. The van der Waals surface area contributed by atoms with Gasteiger partial charge in [-0.1, -0.05) is 54.6 Å². The van der Waals surface area contributed by atoms with Crippen molar-refractivity contribution in [3.05, 3.63) is 84.4 Å². The molecule has 42 heavy (non-hydrogen) atoms. The maximum Gasteiger partial charge on any atom is 0.306 e. The van der Waals surface area contributed by atoms with E-state index in [2.05, 4.69) is 0 Å². The monoisotopic (exact) mass is 614 g/mol. The molecule has 0 saturated heterocycles. The van der Waals surface area contributed by atoms with E-state index in [0.29, 0.717) is 22.4 Å². The van der Waals surface area contributed by atoms with Crippen LogP contribution in [-0.2, 0) is 26.8 Å². The van der Waals surface area contributed by atoms with E-state index >= 15 is 0 Å². The minimum Gasteiger partial charge on any atom is -0.496 e. The first kappa shape index (κ1) is 30.5. The zero-order chi connectivity index (χ0) is 30.5. The molecule has 0 aromatic heterocycles. The third-order valence-corrected chi connectivity index (χ3v) is 6.92. The first-order valence-electron chi connectivity index (χ1n) is 12.5. The van der Waals surface area contributed by atoms with Gasteiger partial charge < -0.3 is 27.3 Å². The van der Waals surface area contributed by atoms with Crippen molar-refractivity contribution in [1.29, 1.82) is 0 Å². The molecule has 12 heteroatoms. The highest BCUT2D eigenvalue weighted by atomic mass is 32.2. The number of benzene rings is 4. The van der Waals surface area contributed by atoms with Gasteiger partial charge >= 0.3 is 20.2 Å². The van der Waals surface area contributed by atoms with Crippen molar-refractivity contribution < 1.29 is 44.1 Å². The highest BCUT2D eigenvalue weighted by molar-refractivity contribution is 7.86. The van der Waals surface area contributed by atoms with Crippen LogP contribution in [0.15, 0.2) is 78.9 Å². The summed E-state index contributed by atoms with van der Waals surface area (Å²) in [5.74, 6) is 0.638. The minimum absolute atomic E-state index is 0.0794. The highest BCUT2D eigenvalue weighted by Crippen LogP contribution is 2.52. The van der Waals surface area contributed by atoms with Crippen LogP contribution in [0.1, 0.15) is 5.56 Å². The Balaban J connectivity index is 1.96. The van der Waals surface area contributed by atoms with E-state index in [0.717, 1.165) is 18.1 Å². The lowest BCUT2D eigenvalue weighted by molar-refractivity contribution is 0.296. The van der Waals surface area contributed by atoms with Gasteiger partial charge in [-0.15, -0.1) is 0 Å². The molecular weight excluding hydrogens is 584 g/mol. The summed E-state index contributed by atoms with van der Waals surface area (Å²) in [6.45, 7) is 0.146. The molecule has 0 unspecified atom stereocenters. The predicted octanol–water partition coefficient (Wildman–Crippen LogP) is 5.30. The smallest absolute Gasteiger partial charge is 0.306 e. The first-order valence-corrected chi connectivity index (χ1v) is 16.1. The average Bonchev–Trinajstić information content (AvgIpc) is 2.94. The molecule has 0 amide bonds. The number of para-hydroxylation sites is 1. The van der Waals surface area contributed by atoms with E-state index in [-0.39, 0.29) is 40.9 Å². The second kappa shape index (κ2) is 12.6. The minimum atomic E-state index is -4.08. The lowest BCUT2D eigenvalue weighted by atomic mass is 9.95. The molecule has 4 rings (SSSR count). The van der Waals surface area contributed by atoms with Gasteiger partial charge in [0.1, 0.15) is 18.1 Å². The van der Waals surface area contributed by atoms with E-state index in [1.807, 2.05) is 30.3 Å². The standard InChI is InChI=1S/C30H30O10S2/c1-35-24-14-10-9-13-22(24)23-18-27(36-2)28(30(29(23)37-3)40-42(5,33)34)21-15-16-25(26(17-21)39-41(4,31)32)38-19-20-11-7-6-8-12-20/h6-18H,19H2,1-5H3. The van der Waals surface area contributed by atoms with Gasteiger partial charge in [-0.2, -0.15) is 16.8 Å². The predicted molar refractivity (Wildman–Crippen MR) is 159 cm³/mol. The Morgan fingerprint density at radius 2 is 1.21 bits per heavy atom. The fourth-order valence-electron chi connectivity index (χ4n) is 4.30. The molecule has 4 aromatic rings. The van der Waals surface area contributed by atoms with E-state index in [1.165, 1.54) is 33.5 Å². The van der Waals surface area contributed by atoms with Crippen LogP contribution in [0.5, 0.6) is 34.5 Å². The third kappa shape index (κ3) is 7.25. The molecule has 0 aliphatic carbocycles. The van der Waals surface area contributed by atoms with Crippen molar-refractivity contribution in [3.63, 3.8) is 0 Å². The van der Waals surface area contributed by atoms with Crippen molar-refractivity contribution in [2.24, 2.45) is 0 Å². The van der Waals surface area contributed by atoms with Crippen molar-refractivity contribution in [2.45, 2.75) is 6.61 Å². The van der Waals surface area contributed by atoms with E-state index in [4.69, 9.17) is 27.3 Å². The molecule has 0 aliphatic rings. The Hall–Kier alpha value is -4.42. The van der Waals surface area contributed by atoms with Gasteiger partial charge in [0.2, 0.25) is 0 Å². The van der Waals surface area contributed by atoms with Crippen LogP contribution < -0.4 is 27.3 Å². The van der Waals surface area contributed by atoms with Gasteiger partial charge in [0.15, 0.2) is 23.0 Å². The molecule has 4 aromatic carbocycles. The molecule has 0 aliphatic heterocycles. The summed E-state index contributed by atoms with van der Waals surface area (Å²) in [5, 5.41) is 0. The van der Waals surface area contributed by atoms with Gasteiger partial charge in [-0.25, -0.2) is 0 Å². The number of methoxy groups -OCH3 is 3. The van der Waals surface area contributed by atoms with Gasteiger partial charge in [0.25, 0.3) is 0 Å². The Morgan fingerprint density at radius 1 is 0.571 bits per heavy atom. The fourth-order valence-corrected chi connectivity index (χ4v) is 5.22. The van der Waals surface area contributed by atoms with Crippen LogP contribution in [0, 0.1) is 0 Å². The number of hydrogen-bond acceptors (Lipinski definition) is 10. The van der Waals surface area contributed by atoms with E-state index in [9.17, 15) is 16.8 Å². The van der Waals surface area contributed by atoms with Crippen molar-refractivity contribution in [3.8, 4) is 56.8 Å². The van der Waals surface area contributed by atoms with Gasteiger partial charge in [-0.05, 0) is 35.4 Å². The van der Waals surface area contributed by atoms with Crippen LogP contribution in [0.25, 0.3) is 22.3 Å². The molecule has 0 bridgehead atoms. The Morgan fingerprint density at radius 3 is 1.83 bits per heavy atom. The summed E-state index contributed by atoms with van der Waals surface area (Å²) in [5.41, 5.74) is 2.36. The van der Waals surface area contributed by atoms with Crippen LogP contribution in [0.2, 0.25) is 0 Å². The van der Waals surface area contributed by atoms with Crippen molar-refractivity contribution >= 4 is 20.2 Å². The summed E-state index contributed by atoms with van der Waals surface area (Å²) in [6.07, 6.45) is 1.81. The molecule has 0 spiro atoms. The Bertz CT molecular complexity index is 1780. The molecule has 0 N–H and O–H groups in total. The highest BCUT2D eigenvalue weighted by Gasteiger charge is 2.28. The van der Waals surface area contributed by atoms with Gasteiger partial charge in [0.05, 0.1) is 39.4 Å². The summed E-state index contributed by atoms with van der Waals surface area (Å²) in [7, 11) is -3.77. The molecule has 222 valence electrons.